The molecule has 2 aromatic carbocycles. The van der Waals surface area contributed by atoms with Crippen LogP contribution in [0.2, 0.25) is 5.02 Å². The number of hydrogen-bond donors (Lipinski definition) is 2. The monoisotopic (exact) mass is 278 g/mol. The average molecular weight is 279 g/mol. The lowest BCUT2D eigenvalue weighted by atomic mass is 9.98. The topological polar surface area (TPSA) is 38.0 Å². The third-order valence-corrected chi connectivity index (χ3v) is 3.41. The van der Waals surface area contributed by atoms with Crippen molar-refractivity contribution >= 4 is 11.6 Å². The van der Waals surface area contributed by atoms with E-state index in [0.717, 1.165) is 11.1 Å². The number of nitrogens with one attached hydrogen (secondary N) is 1. The van der Waals surface area contributed by atoms with Crippen molar-refractivity contribution in [2.75, 3.05) is 0 Å². The standard InChI is InChI=1S/C15H16ClFN2/c1-10-2-5-12(6-3-10)15(19-18)9-11-4-7-13(16)14(17)8-11/h2-8,15,19H,9,18H2,1H3. The van der Waals surface area contributed by atoms with Crippen LogP contribution in [0, 0.1) is 12.7 Å². The van der Waals surface area contributed by atoms with Gasteiger partial charge in [0.1, 0.15) is 5.82 Å². The summed E-state index contributed by atoms with van der Waals surface area (Å²) in [4.78, 5) is 0. The van der Waals surface area contributed by atoms with Gasteiger partial charge in [0.2, 0.25) is 0 Å². The Morgan fingerprint density at radius 2 is 1.89 bits per heavy atom. The normalized spacial score (nSPS) is 12.4. The predicted molar refractivity (Wildman–Crippen MR) is 76.4 cm³/mol. The van der Waals surface area contributed by atoms with E-state index in [1.807, 2.05) is 37.3 Å². The molecule has 1 atom stereocenters. The van der Waals surface area contributed by atoms with E-state index in [1.165, 1.54) is 11.6 Å². The molecule has 0 fully saturated rings. The maximum atomic E-state index is 13.4. The van der Waals surface area contributed by atoms with Gasteiger partial charge in [-0.3, -0.25) is 11.3 Å². The van der Waals surface area contributed by atoms with Gasteiger partial charge in [-0.05, 0) is 36.6 Å². The van der Waals surface area contributed by atoms with Gasteiger partial charge in [0.15, 0.2) is 0 Å². The molecule has 0 aliphatic rings. The van der Waals surface area contributed by atoms with Crippen LogP contribution in [0.4, 0.5) is 4.39 Å². The molecule has 0 aliphatic carbocycles. The molecule has 0 spiro atoms. The van der Waals surface area contributed by atoms with Gasteiger partial charge in [0, 0.05) is 6.04 Å². The van der Waals surface area contributed by atoms with E-state index >= 15 is 0 Å². The van der Waals surface area contributed by atoms with Gasteiger partial charge in [-0.15, -0.1) is 0 Å². The third-order valence-electron chi connectivity index (χ3n) is 3.10. The van der Waals surface area contributed by atoms with E-state index in [4.69, 9.17) is 17.4 Å². The highest BCUT2D eigenvalue weighted by molar-refractivity contribution is 6.30. The van der Waals surface area contributed by atoms with Crippen LogP contribution < -0.4 is 11.3 Å². The molecule has 100 valence electrons. The van der Waals surface area contributed by atoms with Crippen LogP contribution in [-0.2, 0) is 6.42 Å². The first-order valence-electron chi connectivity index (χ1n) is 6.07. The molecule has 2 rings (SSSR count). The number of aryl methyl sites for hydroxylation is 1. The van der Waals surface area contributed by atoms with Crippen LogP contribution in [0.1, 0.15) is 22.7 Å². The van der Waals surface area contributed by atoms with Crippen molar-refractivity contribution in [1.29, 1.82) is 0 Å². The SMILES string of the molecule is Cc1ccc(C(Cc2ccc(Cl)c(F)c2)NN)cc1. The predicted octanol–water partition coefficient (Wildman–Crippen LogP) is 3.53. The Hall–Kier alpha value is -1.42. The van der Waals surface area contributed by atoms with Crippen molar-refractivity contribution in [1.82, 2.24) is 5.43 Å². The number of nitrogens with two attached hydrogens (primary N) is 1. The van der Waals surface area contributed by atoms with Crippen LogP contribution >= 0.6 is 11.6 Å². The lowest BCUT2D eigenvalue weighted by Crippen LogP contribution is -2.29. The fourth-order valence-electron chi connectivity index (χ4n) is 1.97. The molecule has 0 bridgehead atoms. The second-order valence-electron chi connectivity index (χ2n) is 4.58. The Labute approximate surface area is 117 Å². The van der Waals surface area contributed by atoms with E-state index in [1.54, 1.807) is 6.07 Å². The summed E-state index contributed by atoms with van der Waals surface area (Å²) in [5.41, 5.74) is 5.88. The fourth-order valence-corrected chi connectivity index (χ4v) is 2.09. The van der Waals surface area contributed by atoms with Crippen molar-refractivity contribution in [2.24, 2.45) is 5.84 Å². The average Bonchev–Trinajstić information content (AvgIpc) is 2.41. The van der Waals surface area contributed by atoms with Gasteiger partial charge in [0.05, 0.1) is 5.02 Å². The highest BCUT2D eigenvalue weighted by Crippen LogP contribution is 2.21. The first-order valence-corrected chi connectivity index (χ1v) is 6.44. The minimum Gasteiger partial charge on any atom is -0.271 e. The summed E-state index contributed by atoms with van der Waals surface area (Å²) in [5.74, 6) is 5.18. The van der Waals surface area contributed by atoms with Gasteiger partial charge in [-0.2, -0.15) is 0 Å². The van der Waals surface area contributed by atoms with Gasteiger partial charge in [-0.25, -0.2) is 4.39 Å². The molecule has 1 unspecified atom stereocenters. The van der Waals surface area contributed by atoms with E-state index in [-0.39, 0.29) is 11.1 Å². The Balaban J connectivity index is 2.18. The molecule has 19 heavy (non-hydrogen) atoms. The minimum atomic E-state index is -0.404. The third kappa shape index (κ3) is 3.53. The molecule has 0 saturated heterocycles. The number of hydrazine groups is 1. The van der Waals surface area contributed by atoms with Gasteiger partial charge < -0.3 is 0 Å². The van der Waals surface area contributed by atoms with Crippen LogP contribution in [0.3, 0.4) is 0 Å². The number of hydrogen-bond acceptors (Lipinski definition) is 2. The molecule has 2 nitrogen and oxygen atoms in total. The zero-order valence-electron chi connectivity index (χ0n) is 10.7. The van der Waals surface area contributed by atoms with Crippen molar-refractivity contribution in [3.63, 3.8) is 0 Å². The Morgan fingerprint density at radius 1 is 1.21 bits per heavy atom. The van der Waals surface area contributed by atoms with Crippen LogP contribution in [0.15, 0.2) is 42.5 Å². The molecule has 4 heteroatoms. The van der Waals surface area contributed by atoms with E-state index in [9.17, 15) is 4.39 Å². The van der Waals surface area contributed by atoms with Crippen molar-refractivity contribution in [2.45, 2.75) is 19.4 Å². The van der Waals surface area contributed by atoms with Crippen LogP contribution in [0.25, 0.3) is 0 Å². The zero-order valence-corrected chi connectivity index (χ0v) is 11.4. The molecule has 0 amide bonds. The molecule has 0 radical (unpaired) electrons. The van der Waals surface area contributed by atoms with Crippen molar-refractivity contribution in [3.05, 3.63) is 70.0 Å². The molecule has 0 aromatic heterocycles. The summed E-state index contributed by atoms with van der Waals surface area (Å²) < 4.78 is 13.4. The lowest BCUT2D eigenvalue weighted by Gasteiger charge is -2.17. The summed E-state index contributed by atoms with van der Waals surface area (Å²) in [6.45, 7) is 2.03. The smallest absolute Gasteiger partial charge is 0.142 e. The fraction of sp³-hybridized carbons (Fsp3) is 0.200. The molecular formula is C15H16ClFN2. The first kappa shape index (κ1) is 14.0. The minimum absolute atomic E-state index is 0.0545. The molecule has 0 heterocycles. The molecule has 0 saturated carbocycles. The summed E-state index contributed by atoms with van der Waals surface area (Å²) in [6, 6.07) is 12.9. The molecule has 3 N–H and O–H groups in total. The summed E-state index contributed by atoms with van der Waals surface area (Å²) >= 11 is 5.67. The highest BCUT2D eigenvalue weighted by Gasteiger charge is 2.11. The lowest BCUT2D eigenvalue weighted by molar-refractivity contribution is 0.548. The maximum absolute atomic E-state index is 13.4. The summed E-state index contributed by atoms with van der Waals surface area (Å²) in [5, 5.41) is 0.136. The van der Waals surface area contributed by atoms with Crippen molar-refractivity contribution in [3.8, 4) is 0 Å². The Kier molecular flexibility index (Phi) is 4.53. The second kappa shape index (κ2) is 6.15. The highest BCUT2D eigenvalue weighted by atomic mass is 35.5. The first-order chi connectivity index (χ1) is 9.10. The van der Waals surface area contributed by atoms with Crippen molar-refractivity contribution < 1.29 is 4.39 Å². The Morgan fingerprint density at radius 3 is 2.47 bits per heavy atom. The van der Waals surface area contributed by atoms with E-state index in [0.29, 0.717) is 6.42 Å². The second-order valence-corrected chi connectivity index (χ2v) is 4.99. The molecule has 2 aromatic rings. The number of halogens is 2. The number of rotatable bonds is 4. The largest absolute Gasteiger partial charge is 0.271 e. The van der Waals surface area contributed by atoms with Gasteiger partial charge >= 0.3 is 0 Å². The quantitative estimate of drug-likeness (QED) is 0.663. The molecular weight excluding hydrogens is 263 g/mol. The Bertz CT molecular complexity index is 555. The van der Waals surface area contributed by atoms with E-state index < -0.39 is 5.82 Å². The van der Waals surface area contributed by atoms with Crippen LogP contribution in [0.5, 0.6) is 0 Å². The van der Waals surface area contributed by atoms with Gasteiger partial charge in [0.25, 0.3) is 0 Å². The van der Waals surface area contributed by atoms with Crippen LogP contribution in [-0.4, -0.2) is 0 Å². The number of benzene rings is 2. The van der Waals surface area contributed by atoms with Gasteiger partial charge in [-0.1, -0.05) is 47.5 Å². The molecule has 0 aliphatic heterocycles. The van der Waals surface area contributed by atoms with E-state index in [2.05, 4.69) is 5.43 Å². The summed E-state index contributed by atoms with van der Waals surface area (Å²) in [7, 11) is 0. The summed E-state index contributed by atoms with van der Waals surface area (Å²) in [6.07, 6.45) is 0.605. The maximum Gasteiger partial charge on any atom is 0.142 e. The zero-order chi connectivity index (χ0) is 13.8.